The fourth-order valence-corrected chi connectivity index (χ4v) is 2.12. The molecule has 2 nitrogen and oxygen atoms in total. The van der Waals surface area contributed by atoms with E-state index in [1.54, 1.807) is 24.3 Å². The third kappa shape index (κ3) is 4.27. The molecule has 19 heavy (non-hydrogen) atoms. The van der Waals surface area contributed by atoms with Gasteiger partial charge in [-0.15, -0.1) is 11.6 Å². The molecule has 0 aliphatic rings. The summed E-state index contributed by atoms with van der Waals surface area (Å²) in [5, 5.41) is 2.71. The van der Waals surface area contributed by atoms with Crippen LogP contribution in [0.25, 0.3) is 0 Å². The van der Waals surface area contributed by atoms with Gasteiger partial charge in [-0.05, 0) is 30.2 Å². The molecule has 0 aliphatic carbocycles. The molecule has 0 aromatic heterocycles. The Kier molecular flexibility index (Phi) is 4.83. The van der Waals surface area contributed by atoms with Crippen molar-refractivity contribution >= 4 is 34.8 Å². The monoisotopic (exact) mass is 293 g/mol. The lowest BCUT2D eigenvalue weighted by molar-refractivity contribution is -0.115. The summed E-state index contributed by atoms with van der Waals surface area (Å²) in [7, 11) is 0. The van der Waals surface area contributed by atoms with Gasteiger partial charge in [0.25, 0.3) is 0 Å². The number of nitrogens with one attached hydrogen (secondary N) is 1. The van der Waals surface area contributed by atoms with Gasteiger partial charge in [-0.2, -0.15) is 0 Å². The largest absolute Gasteiger partial charge is 0.325 e. The van der Waals surface area contributed by atoms with Crippen LogP contribution in [0.4, 0.5) is 5.69 Å². The van der Waals surface area contributed by atoms with Gasteiger partial charge in [0.15, 0.2) is 0 Å². The first-order valence-electron chi connectivity index (χ1n) is 5.89. The molecule has 98 valence electrons. The molecule has 4 heteroatoms. The van der Waals surface area contributed by atoms with E-state index in [0.29, 0.717) is 17.1 Å². The summed E-state index contributed by atoms with van der Waals surface area (Å²) in [5.74, 6) is -0.229. The van der Waals surface area contributed by atoms with E-state index in [1.165, 1.54) is 0 Å². The zero-order valence-corrected chi connectivity index (χ0v) is 11.7. The number of benzene rings is 2. The van der Waals surface area contributed by atoms with Crippen molar-refractivity contribution in [2.75, 3.05) is 5.32 Å². The Balaban J connectivity index is 1.96. The van der Waals surface area contributed by atoms with E-state index >= 15 is 0 Å². The fraction of sp³-hybridized carbons (Fsp3) is 0.133. The average Bonchev–Trinajstić information content (AvgIpc) is 2.40. The van der Waals surface area contributed by atoms with Crippen molar-refractivity contribution in [3.8, 4) is 0 Å². The number of carbonyl (C=O) groups excluding carboxylic acids is 1. The van der Waals surface area contributed by atoms with Crippen LogP contribution in [-0.4, -0.2) is 11.3 Å². The summed E-state index contributed by atoms with van der Waals surface area (Å²) in [6.07, 6.45) is 0.495. The highest BCUT2D eigenvalue weighted by atomic mass is 35.5. The Labute approximate surface area is 122 Å². The quantitative estimate of drug-likeness (QED) is 0.844. The molecule has 2 rings (SSSR count). The predicted molar refractivity (Wildman–Crippen MR) is 79.9 cm³/mol. The first-order valence-corrected chi connectivity index (χ1v) is 6.71. The smallest absolute Gasteiger partial charge is 0.242 e. The molecule has 1 N–H and O–H groups in total. The average molecular weight is 294 g/mol. The maximum atomic E-state index is 11.9. The van der Waals surface area contributed by atoms with Crippen molar-refractivity contribution in [1.82, 2.24) is 0 Å². The normalized spacial score (nSPS) is 11.9. The summed E-state index contributed by atoms with van der Waals surface area (Å²) < 4.78 is 0. The Hall–Kier alpha value is -1.51. The summed E-state index contributed by atoms with van der Waals surface area (Å²) in [6.45, 7) is 0. The predicted octanol–water partition coefficient (Wildman–Crippen LogP) is 4.13. The molecule has 1 unspecified atom stereocenters. The molecule has 0 saturated heterocycles. The van der Waals surface area contributed by atoms with Gasteiger partial charge in [0.2, 0.25) is 5.91 Å². The highest BCUT2D eigenvalue weighted by Gasteiger charge is 2.15. The summed E-state index contributed by atoms with van der Waals surface area (Å²) in [4.78, 5) is 11.9. The van der Waals surface area contributed by atoms with Crippen LogP contribution in [0.15, 0.2) is 54.6 Å². The number of hydrogen-bond donors (Lipinski definition) is 1. The van der Waals surface area contributed by atoms with Gasteiger partial charge in [0.1, 0.15) is 5.38 Å². The third-order valence-electron chi connectivity index (χ3n) is 2.63. The minimum atomic E-state index is -0.610. The molecule has 1 atom stereocenters. The first-order chi connectivity index (χ1) is 9.15. The molecule has 0 fully saturated rings. The lowest BCUT2D eigenvalue weighted by atomic mass is 10.1. The van der Waals surface area contributed by atoms with Crippen molar-refractivity contribution in [3.63, 3.8) is 0 Å². The van der Waals surface area contributed by atoms with Gasteiger partial charge in [-0.25, -0.2) is 0 Å². The van der Waals surface area contributed by atoms with E-state index in [0.717, 1.165) is 5.56 Å². The molecule has 1 amide bonds. The van der Waals surface area contributed by atoms with E-state index in [9.17, 15) is 4.79 Å². The minimum Gasteiger partial charge on any atom is -0.325 e. The molecular weight excluding hydrogens is 281 g/mol. The third-order valence-corrected chi connectivity index (χ3v) is 3.22. The van der Waals surface area contributed by atoms with Crippen molar-refractivity contribution in [3.05, 3.63) is 65.2 Å². The Morgan fingerprint density at radius 2 is 1.84 bits per heavy atom. The molecule has 2 aromatic carbocycles. The molecule has 2 aromatic rings. The second kappa shape index (κ2) is 6.60. The van der Waals surface area contributed by atoms with Crippen LogP contribution in [0.5, 0.6) is 0 Å². The Morgan fingerprint density at radius 3 is 2.53 bits per heavy atom. The summed E-state index contributed by atoms with van der Waals surface area (Å²) in [5.41, 5.74) is 1.68. The van der Waals surface area contributed by atoms with E-state index in [2.05, 4.69) is 5.32 Å². The number of rotatable bonds is 4. The van der Waals surface area contributed by atoms with Gasteiger partial charge < -0.3 is 5.32 Å². The Bertz CT molecular complexity index is 557. The highest BCUT2D eigenvalue weighted by molar-refractivity contribution is 6.33. The fourth-order valence-electron chi connectivity index (χ4n) is 1.70. The van der Waals surface area contributed by atoms with Crippen LogP contribution >= 0.6 is 23.2 Å². The number of hydrogen-bond acceptors (Lipinski definition) is 1. The van der Waals surface area contributed by atoms with Gasteiger partial charge in [-0.1, -0.05) is 48.0 Å². The zero-order chi connectivity index (χ0) is 13.7. The molecule has 0 bridgehead atoms. The van der Waals surface area contributed by atoms with Crippen LogP contribution in [-0.2, 0) is 11.2 Å². The minimum absolute atomic E-state index is 0.229. The van der Waals surface area contributed by atoms with Crippen molar-refractivity contribution in [1.29, 1.82) is 0 Å². The molecule has 0 spiro atoms. The second-order valence-corrected chi connectivity index (χ2v) is 5.12. The van der Waals surface area contributed by atoms with E-state index in [-0.39, 0.29) is 5.91 Å². The van der Waals surface area contributed by atoms with Crippen molar-refractivity contribution < 1.29 is 4.79 Å². The van der Waals surface area contributed by atoms with Crippen LogP contribution in [0, 0.1) is 0 Å². The Morgan fingerprint density at radius 1 is 1.11 bits per heavy atom. The van der Waals surface area contributed by atoms with Crippen LogP contribution in [0.3, 0.4) is 0 Å². The van der Waals surface area contributed by atoms with Crippen LogP contribution in [0.2, 0.25) is 5.02 Å². The zero-order valence-electron chi connectivity index (χ0n) is 10.1. The topological polar surface area (TPSA) is 29.1 Å². The summed E-state index contributed by atoms with van der Waals surface area (Å²) in [6, 6.07) is 16.7. The molecule has 0 aliphatic heterocycles. The first kappa shape index (κ1) is 13.9. The van der Waals surface area contributed by atoms with Gasteiger partial charge >= 0.3 is 0 Å². The highest BCUT2D eigenvalue weighted by Crippen LogP contribution is 2.16. The maximum absolute atomic E-state index is 11.9. The van der Waals surface area contributed by atoms with Crippen LogP contribution in [0.1, 0.15) is 5.56 Å². The number of carbonyl (C=O) groups is 1. The van der Waals surface area contributed by atoms with Gasteiger partial charge in [-0.3, -0.25) is 4.79 Å². The van der Waals surface area contributed by atoms with Crippen LogP contribution < -0.4 is 5.32 Å². The lowest BCUT2D eigenvalue weighted by Gasteiger charge is -2.10. The standard InChI is InChI=1S/C15H13Cl2NO/c16-12-7-4-8-13(10-12)18-15(19)14(17)9-11-5-2-1-3-6-11/h1-8,10,14H,9H2,(H,18,19). The molecular formula is C15H13Cl2NO. The summed E-state index contributed by atoms with van der Waals surface area (Å²) >= 11 is 12.0. The number of amides is 1. The van der Waals surface area contributed by atoms with Crippen molar-refractivity contribution in [2.45, 2.75) is 11.8 Å². The number of anilines is 1. The second-order valence-electron chi connectivity index (χ2n) is 4.16. The number of halogens is 2. The SMILES string of the molecule is O=C(Nc1cccc(Cl)c1)C(Cl)Cc1ccccc1. The van der Waals surface area contributed by atoms with Crippen molar-refractivity contribution in [2.24, 2.45) is 0 Å². The van der Waals surface area contributed by atoms with E-state index in [4.69, 9.17) is 23.2 Å². The molecule has 0 saturated carbocycles. The molecule has 0 heterocycles. The van der Waals surface area contributed by atoms with Gasteiger partial charge in [0, 0.05) is 10.7 Å². The number of alkyl halides is 1. The molecule has 0 radical (unpaired) electrons. The lowest BCUT2D eigenvalue weighted by Crippen LogP contribution is -2.25. The van der Waals surface area contributed by atoms with E-state index < -0.39 is 5.38 Å². The van der Waals surface area contributed by atoms with E-state index in [1.807, 2.05) is 30.3 Å². The maximum Gasteiger partial charge on any atom is 0.242 e. The van der Waals surface area contributed by atoms with Gasteiger partial charge in [0.05, 0.1) is 0 Å².